The monoisotopic (exact) mass is 287 g/mol. The second-order valence-corrected chi connectivity index (χ2v) is 7.12. The average Bonchev–Trinajstić information content (AvgIpc) is 2.66. The number of nitrogens with zero attached hydrogens (tertiary/aromatic N) is 1. The van der Waals surface area contributed by atoms with Gasteiger partial charge in [-0.25, -0.2) is 8.42 Å². The fourth-order valence-corrected chi connectivity index (χ4v) is 3.77. The number of aliphatic hydroxyl groups is 1. The van der Waals surface area contributed by atoms with Crippen LogP contribution < -0.4 is 0 Å². The maximum atomic E-state index is 12.7. The summed E-state index contributed by atoms with van der Waals surface area (Å²) in [6, 6.07) is 1.37. The van der Waals surface area contributed by atoms with E-state index in [1.807, 2.05) is 20.8 Å². The van der Waals surface area contributed by atoms with Crippen molar-refractivity contribution in [1.29, 1.82) is 0 Å². The first-order chi connectivity index (χ1) is 8.64. The topological polar surface area (TPSA) is 70.8 Å². The summed E-state index contributed by atoms with van der Waals surface area (Å²) in [7, 11) is -3.68. The van der Waals surface area contributed by atoms with Crippen molar-refractivity contribution in [2.45, 2.75) is 44.7 Å². The van der Waals surface area contributed by atoms with Gasteiger partial charge in [0.2, 0.25) is 10.0 Å². The Balaban J connectivity index is 3.34. The Hall–Kier alpha value is -1.11. The van der Waals surface area contributed by atoms with E-state index in [1.54, 1.807) is 13.0 Å². The normalized spacial score (nSPS) is 12.9. The van der Waals surface area contributed by atoms with E-state index in [4.69, 9.17) is 9.52 Å². The van der Waals surface area contributed by atoms with Crippen LogP contribution in [0.25, 0.3) is 0 Å². The van der Waals surface area contributed by atoms with Crippen LogP contribution in [0.3, 0.4) is 0 Å². The van der Waals surface area contributed by atoms with Crippen LogP contribution in [-0.2, 0) is 16.6 Å². The molecule has 1 N–H and O–H groups in total. The van der Waals surface area contributed by atoms with Crippen LogP contribution >= 0.6 is 0 Å². The van der Waals surface area contributed by atoms with Gasteiger partial charge in [0, 0.05) is 18.2 Å². The molecular weight excluding hydrogens is 266 g/mol. The minimum Gasteiger partial charge on any atom is -0.462 e. The van der Waals surface area contributed by atoms with Gasteiger partial charge >= 0.3 is 0 Å². The molecule has 0 aliphatic carbocycles. The largest absolute Gasteiger partial charge is 0.462 e. The Morgan fingerprint density at radius 1 is 1.47 bits per heavy atom. The molecule has 0 spiro atoms. The third-order valence-corrected chi connectivity index (χ3v) is 4.93. The zero-order chi connectivity index (χ0) is 14.8. The molecule has 1 heterocycles. The van der Waals surface area contributed by atoms with E-state index in [9.17, 15) is 8.42 Å². The molecule has 0 radical (unpaired) electrons. The number of furan rings is 1. The van der Waals surface area contributed by atoms with Gasteiger partial charge in [-0.1, -0.05) is 6.08 Å². The summed E-state index contributed by atoms with van der Waals surface area (Å²) in [5.74, 6) is 0.519. The Bertz CT molecular complexity index is 552. The standard InChI is InChI=1S/C13H21NO4S/c1-6-7-14(13(3,4)5)19(16,17)12-8-11(9-15)18-10(12)2/h6,8,15H,1,7,9H2,2-5H3. The lowest BCUT2D eigenvalue weighted by molar-refractivity contribution is 0.244. The summed E-state index contributed by atoms with van der Waals surface area (Å²) < 4.78 is 31.9. The maximum absolute atomic E-state index is 12.7. The smallest absolute Gasteiger partial charge is 0.247 e. The minimum atomic E-state index is -3.68. The molecule has 0 bridgehead atoms. The van der Waals surface area contributed by atoms with Crippen molar-refractivity contribution in [2.75, 3.05) is 6.54 Å². The molecule has 0 atom stereocenters. The molecule has 1 aromatic rings. The van der Waals surface area contributed by atoms with E-state index in [-0.39, 0.29) is 29.6 Å². The summed E-state index contributed by atoms with van der Waals surface area (Å²) in [5.41, 5.74) is -0.573. The van der Waals surface area contributed by atoms with Crippen molar-refractivity contribution in [1.82, 2.24) is 4.31 Å². The average molecular weight is 287 g/mol. The Morgan fingerprint density at radius 3 is 2.42 bits per heavy atom. The number of aliphatic hydroxyl groups excluding tert-OH is 1. The Kier molecular flexibility index (Phi) is 4.60. The van der Waals surface area contributed by atoms with Crippen molar-refractivity contribution in [3.8, 4) is 0 Å². The molecule has 6 heteroatoms. The van der Waals surface area contributed by atoms with Crippen LogP contribution in [-0.4, -0.2) is 29.9 Å². The van der Waals surface area contributed by atoms with Gasteiger partial charge in [-0.05, 0) is 27.7 Å². The first kappa shape index (κ1) is 15.9. The van der Waals surface area contributed by atoms with Gasteiger partial charge in [-0.15, -0.1) is 6.58 Å². The lowest BCUT2D eigenvalue weighted by atomic mass is 10.1. The van der Waals surface area contributed by atoms with Crippen LogP contribution in [0.4, 0.5) is 0 Å². The van der Waals surface area contributed by atoms with E-state index in [2.05, 4.69) is 6.58 Å². The molecule has 0 aliphatic heterocycles. The third kappa shape index (κ3) is 3.26. The van der Waals surface area contributed by atoms with Gasteiger partial charge < -0.3 is 9.52 Å². The Labute approximate surface area is 114 Å². The molecule has 0 amide bonds. The predicted molar refractivity (Wildman–Crippen MR) is 73.2 cm³/mol. The molecule has 1 aromatic heterocycles. The van der Waals surface area contributed by atoms with Crippen molar-refractivity contribution < 1.29 is 17.9 Å². The van der Waals surface area contributed by atoms with Crippen LogP contribution in [0.5, 0.6) is 0 Å². The van der Waals surface area contributed by atoms with Crippen LogP contribution in [0.2, 0.25) is 0 Å². The molecular formula is C13H21NO4S. The summed E-state index contributed by atoms with van der Waals surface area (Å²) in [6.07, 6.45) is 1.55. The molecule has 0 aliphatic rings. The predicted octanol–water partition coefficient (Wildman–Crippen LogP) is 2.06. The maximum Gasteiger partial charge on any atom is 0.247 e. The van der Waals surface area contributed by atoms with Gasteiger partial charge in [-0.3, -0.25) is 0 Å². The van der Waals surface area contributed by atoms with Gasteiger partial charge in [0.15, 0.2) is 0 Å². The van der Waals surface area contributed by atoms with E-state index in [1.165, 1.54) is 10.4 Å². The first-order valence-electron chi connectivity index (χ1n) is 5.98. The SMILES string of the molecule is C=CCN(C(C)(C)C)S(=O)(=O)c1cc(CO)oc1C. The summed E-state index contributed by atoms with van der Waals surface area (Å²) >= 11 is 0. The zero-order valence-corrected chi connectivity index (χ0v) is 12.6. The molecule has 108 valence electrons. The number of sulfonamides is 1. The molecule has 0 saturated heterocycles. The van der Waals surface area contributed by atoms with Crippen molar-refractivity contribution in [3.05, 3.63) is 30.2 Å². The second kappa shape index (κ2) is 5.48. The molecule has 5 nitrogen and oxygen atoms in total. The number of hydrogen-bond acceptors (Lipinski definition) is 4. The van der Waals surface area contributed by atoms with Crippen LogP contribution in [0, 0.1) is 6.92 Å². The second-order valence-electron chi connectivity index (χ2n) is 5.29. The van der Waals surface area contributed by atoms with Crippen molar-refractivity contribution in [2.24, 2.45) is 0 Å². The zero-order valence-electron chi connectivity index (χ0n) is 11.8. The minimum absolute atomic E-state index is 0.0910. The molecule has 19 heavy (non-hydrogen) atoms. The van der Waals surface area contributed by atoms with Gasteiger partial charge in [0.1, 0.15) is 23.0 Å². The quantitative estimate of drug-likeness (QED) is 0.841. The van der Waals surface area contributed by atoms with Crippen molar-refractivity contribution in [3.63, 3.8) is 0 Å². The van der Waals surface area contributed by atoms with Crippen molar-refractivity contribution >= 4 is 10.0 Å². The molecule has 0 aromatic carbocycles. The lowest BCUT2D eigenvalue weighted by Crippen LogP contribution is -2.45. The summed E-state index contributed by atoms with van der Waals surface area (Å²) in [4.78, 5) is 0.0910. The highest BCUT2D eigenvalue weighted by atomic mass is 32.2. The van der Waals surface area contributed by atoms with E-state index >= 15 is 0 Å². The number of rotatable bonds is 5. The van der Waals surface area contributed by atoms with E-state index < -0.39 is 15.6 Å². The third-order valence-electron chi connectivity index (χ3n) is 2.69. The highest BCUT2D eigenvalue weighted by molar-refractivity contribution is 7.89. The van der Waals surface area contributed by atoms with Crippen LogP contribution in [0.1, 0.15) is 32.3 Å². The summed E-state index contributed by atoms with van der Waals surface area (Å²) in [5, 5.41) is 9.02. The molecule has 0 unspecified atom stereocenters. The van der Waals surface area contributed by atoms with Crippen LogP contribution in [0.15, 0.2) is 28.0 Å². The number of hydrogen-bond donors (Lipinski definition) is 1. The molecule has 0 saturated carbocycles. The molecule has 0 fully saturated rings. The number of aryl methyl sites for hydroxylation is 1. The van der Waals surface area contributed by atoms with Gasteiger partial charge in [-0.2, -0.15) is 4.31 Å². The summed E-state index contributed by atoms with van der Waals surface area (Å²) in [6.45, 7) is 10.5. The fourth-order valence-electron chi connectivity index (χ4n) is 1.83. The fraction of sp³-hybridized carbons (Fsp3) is 0.538. The first-order valence-corrected chi connectivity index (χ1v) is 7.42. The lowest BCUT2D eigenvalue weighted by Gasteiger charge is -2.33. The van der Waals surface area contributed by atoms with E-state index in [0.29, 0.717) is 0 Å². The van der Waals surface area contributed by atoms with E-state index in [0.717, 1.165) is 0 Å². The Morgan fingerprint density at radius 2 is 2.05 bits per heavy atom. The highest BCUT2D eigenvalue weighted by Crippen LogP contribution is 2.28. The van der Waals surface area contributed by atoms with Gasteiger partial charge in [0.05, 0.1) is 0 Å². The highest BCUT2D eigenvalue weighted by Gasteiger charge is 2.35. The van der Waals surface area contributed by atoms with Gasteiger partial charge in [0.25, 0.3) is 0 Å². The molecule has 1 rings (SSSR count).